The molecule has 4 aliphatic rings. The summed E-state index contributed by atoms with van der Waals surface area (Å²) in [5.41, 5.74) is 1.21. The number of carbonyl (C=O) groups excluding carboxylic acids is 2. The lowest BCUT2D eigenvalue weighted by Gasteiger charge is -2.52. The number of piperazine rings is 1. The molecule has 5 heteroatoms. The van der Waals surface area contributed by atoms with E-state index in [0.29, 0.717) is 32.7 Å². The summed E-state index contributed by atoms with van der Waals surface area (Å²) in [6.07, 6.45) is 4.26. The van der Waals surface area contributed by atoms with Crippen molar-refractivity contribution in [2.24, 2.45) is 5.92 Å². The Morgan fingerprint density at radius 1 is 1.00 bits per heavy atom. The summed E-state index contributed by atoms with van der Waals surface area (Å²) in [4.78, 5) is 30.0. The smallest absolute Gasteiger partial charge is 0.226 e. The van der Waals surface area contributed by atoms with Gasteiger partial charge in [0.05, 0.1) is 0 Å². The standard InChI is InChI=1S/C22H30N2O3/c1-16(17-5-3-2-4-6-17)13-21(25)23-14-20-8-7-19(23)15-24(20)22(26)18-9-11-27-12-10-18/h2-6,16,18-20H,7-15H2,1H3/t16?,19-,20-/m1/s1. The van der Waals surface area contributed by atoms with Gasteiger partial charge in [0.2, 0.25) is 11.8 Å². The first kappa shape index (κ1) is 18.5. The van der Waals surface area contributed by atoms with Gasteiger partial charge in [-0.25, -0.2) is 0 Å². The van der Waals surface area contributed by atoms with E-state index in [1.165, 1.54) is 5.56 Å². The molecule has 0 saturated carbocycles. The minimum absolute atomic E-state index is 0.111. The Balaban J connectivity index is 1.37. The third-order valence-electron chi connectivity index (χ3n) is 6.55. The quantitative estimate of drug-likeness (QED) is 0.819. The summed E-state index contributed by atoms with van der Waals surface area (Å²) in [7, 11) is 0. The zero-order valence-electron chi connectivity index (χ0n) is 16.2. The first-order valence-electron chi connectivity index (χ1n) is 10.4. The van der Waals surface area contributed by atoms with Crippen LogP contribution in [0, 0.1) is 5.92 Å². The van der Waals surface area contributed by atoms with Gasteiger partial charge in [0.1, 0.15) is 0 Å². The number of carbonyl (C=O) groups is 2. The summed E-state index contributed by atoms with van der Waals surface area (Å²) in [6.45, 7) is 4.93. The molecule has 3 atom stereocenters. The highest BCUT2D eigenvalue weighted by Gasteiger charge is 2.44. The number of benzene rings is 1. The lowest BCUT2D eigenvalue weighted by Crippen LogP contribution is -2.65. The van der Waals surface area contributed by atoms with E-state index >= 15 is 0 Å². The Hall–Kier alpha value is -1.88. The van der Waals surface area contributed by atoms with E-state index in [9.17, 15) is 9.59 Å². The first-order chi connectivity index (χ1) is 13.1. The molecule has 27 heavy (non-hydrogen) atoms. The first-order valence-corrected chi connectivity index (χ1v) is 10.4. The van der Waals surface area contributed by atoms with Crippen LogP contribution < -0.4 is 0 Å². The molecule has 5 rings (SSSR count). The zero-order valence-corrected chi connectivity index (χ0v) is 16.2. The molecule has 2 amide bonds. The van der Waals surface area contributed by atoms with E-state index in [4.69, 9.17) is 4.74 Å². The van der Waals surface area contributed by atoms with Crippen molar-refractivity contribution < 1.29 is 14.3 Å². The third kappa shape index (κ3) is 3.88. The fourth-order valence-corrected chi connectivity index (χ4v) is 4.86. The van der Waals surface area contributed by atoms with E-state index in [1.54, 1.807) is 0 Å². The maximum Gasteiger partial charge on any atom is 0.226 e. The normalized spacial score (nSPS) is 26.9. The van der Waals surface area contributed by atoms with Gasteiger partial charge in [0, 0.05) is 50.7 Å². The highest BCUT2D eigenvalue weighted by molar-refractivity contribution is 5.81. The number of hydrogen-bond donors (Lipinski definition) is 0. The SMILES string of the molecule is CC(CC(=O)N1C[C@H]2CC[C@@H]1CN2C(=O)C1CCOCC1)c1ccccc1. The number of nitrogens with zero attached hydrogens (tertiary/aromatic N) is 2. The lowest BCUT2D eigenvalue weighted by molar-refractivity contribution is -0.156. The van der Waals surface area contributed by atoms with Gasteiger partial charge in [-0.1, -0.05) is 37.3 Å². The van der Waals surface area contributed by atoms with Crippen molar-refractivity contribution in [1.29, 1.82) is 0 Å². The number of hydrogen-bond acceptors (Lipinski definition) is 3. The second-order valence-electron chi connectivity index (χ2n) is 8.32. The number of ether oxygens (including phenoxy) is 1. The van der Waals surface area contributed by atoms with Crippen LogP contribution in [0.15, 0.2) is 30.3 Å². The number of fused-ring (bicyclic) bond motifs is 3. The van der Waals surface area contributed by atoms with Crippen molar-refractivity contribution in [1.82, 2.24) is 9.80 Å². The molecule has 146 valence electrons. The molecule has 4 aliphatic heterocycles. The largest absolute Gasteiger partial charge is 0.381 e. The predicted octanol–water partition coefficient (Wildman–Crippen LogP) is 2.81. The topological polar surface area (TPSA) is 49.9 Å². The Kier molecular flexibility index (Phi) is 5.48. The molecule has 0 aliphatic carbocycles. The van der Waals surface area contributed by atoms with Crippen LogP contribution >= 0.6 is 0 Å². The molecule has 4 fully saturated rings. The molecular formula is C22H30N2O3. The monoisotopic (exact) mass is 370 g/mol. The Morgan fingerprint density at radius 3 is 2.26 bits per heavy atom. The van der Waals surface area contributed by atoms with Crippen LogP contribution in [0.3, 0.4) is 0 Å². The number of amides is 2. The maximum atomic E-state index is 13.0. The molecule has 0 spiro atoms. The Bertz CT molecular complexity index is 671. The van der Waals surface area contributed by atoms with Crippen molar-refractivity contribution in [3.8, 4) is 0 Å². The van der Waals surface area contributed by atoms with Gasteiger partial charge in [-0.2, -0.15) is 0 Å². The van der Waals surface area contributed by atoms with Crippen LogP contribution in [-0.2, 0) is 14.3 Å². The second-order valence-corrected chi connectivity index (χ2v) is 8.32. The van der Waals surface area contributed by atoms with Crippen molar-refractivity contribution >= 4 is 11.8 Å². The number of rotatable bonds is 4. The van der Waals surface area contributed by atoms with Crippen molar-refractivity contribution in [3.05, 3.63) is 35.9 Å². The molecule has 0 N–H and O–H groups in total. The average molecular weight is 370 g/mol. The molecule has 1 aromatic rings. The van der Waals surface area contributed by atoms with Gasteiger partial charge in [-0.3, -0.25) is 9.59 Å². The summed E-state index contributed by atoms with van der Waals surface area (Å²) in [5, 5.41) is 0. The van der Waals surface area contributed by atoms with Crippen LogP contribution in [0.25, 0.3) is 0 Å². The minimum Gasteiger partial charge on any atom is -0.381 e. The second kappa shape index (κ2) is 8.01. The molecule has 4 heterocycles. The molecule has 1 unspecified atom stereocenters. The summed E-state index contributed by atoms with van der Waals surface area (Å²) < 4.78 is 5.40. The van der Waals surface area contributed by atoms with Crippen LogP contribution in [0.2, 0.25) is 0 Å². The minimum atomic E-state index is 0.111. The van der Waals surface area contributed by atoms with Gasteiger partial charge >= 0.3 is 0 Å². The van der Waals surface area contributed by atoms with Crippen molar-refractivity contribution in [3.63, 3.8) is 0 Å². The molecule has 5 nitrogen and oxygen atoms in total. The molecule has 2 bridgehead atoms. The van der Waals surface area contributed by atoms with Gasteiger partial charge < -0.3 is 14.5 Å². The summed E-state index contributed by atoms with van der Waals surface area (Å²) in [6, 6.07) is 10.6. The van der Waals surface area contributed by atoms with Crippen LogP contribution in [-0.4, -0.2) is 60.0 Å². The fourth-order valence-electron chi connectivity index (χ4n) is 4.86. The van der Waals surface area contributed by atoms with Gasteiger partial charge in [-0.15, -0.1) is 0 Å². The van der Waals surface area contributed by atoms with E-state index in [2.05, 4.69) is 28.9 Å². The van der Waals surface area contributed by atoms with Gasteiger partial charge in [0.15, 0.2) is 0 Å². The lowest BCUT2D eigenvalue weighted by atomic mass is 9.87. The van der Waals surface area contributed by atoms with Crippen molar-refractivity contribution in [2.45, 2.75) is 57.0 Å². The third-order valence-corrected chi connectivity index (χ3v) is 6.55. The van der Waals surface area contributed by atoms with E-state index < -0.39 is 0 Å². The predicted molar refractivity (Wildman–Crippen MR) is 103 cm³/mol. The molecule has 1 aromatic carbocycles. The van der Waals surface area contributed by atoms with Gasteiger partial charge in [0.25, 0.3) is 0 Å². The number of piperidine rings is 2. The van der Waals surface area contributed by atoms with Gasteiger partial charge in [-0.05, 0) is 37.2 Å². The Morgan fingerprint density at radius 2 is 1.63 bits per heavy atom. The molecular weight excluding hydrogens is 340 g/mol. The van der Waals surface area contributed by atoms with Crippen LogP contribution in [0.4, 0.5) is 0 Å². The van der Waals surface area contributed by atoms with Crippen LogP contribution in [0.5, 0.6) is 0 Å². The highest BCUT2D eigenvalue weighted by Crippen LogP contribution is 2.33. The summed E-state index contributed by atoms with van der Waals surface area (Å²) in [5.74, 6) is 0.858. The van der Waals surface area contributed by atoms with Crippen LogP contribution in [0.1, 0.15) is 50.5 Å². The molecule has 0 radical (unpaired) electrons. The van der Waals surface area contributed by atoms with Crippen molar-refractivity contribution in [2.75, 3.05) is 26.3 Å². The summed E-state index contributed by atoms with van der Waals surface area (Å²) >= 11 is 0. The fraction of sp³-hybridized carbons (Fsp3) is 0.636. The maximum absolute atomic E-state index is 13.0. The van der Waals surface area contributed by atoms with E-state index in [0.717, 1.165) is 25.7 Å². The molecule has 0 aromatic heterocycles. The average Bonchev–Trinajstić information content (AvgIpc) is 2.74. The Labute approximate surface area is 161 Å². The zero-order chi connectivity index (χ0) is 18.8. The highest BCUT2D eigenvalue weighted by atomic mass is 16.5. The van der Waals surface area contributed by atoms with E-state index in [-0.39, 0.29) is 35.7 Å². The molecule has 4 saturated heterocycles. The van der Waals surface area contributed by atoms with E-state index in [1.807, 2.05) is 18.2 Å².